The molecule has 0 aliphatic rings. The predicted molar refractivity (Wildman–Crippen MR) is 112 cm³/mol. The topological polar surface area (TPSA) is 96.8 Å². The Morgan fingerprint density at radius 1 is 0.667 bits per heavy atom. The van der Waals surface area contributed by atoms with Crippen molar-refractivity contribution < 1.29 is 33.2 Å². The zero-order valence-electron chi connectivity index (χ0n) is 18.1. The van der Waals surface area contributed by atoms with Gasteiger partial charge in [0.05, 0.1) is 48.4 Å². The van der Waals surface area contributed by atoms with Gasteiger partial charge < -0.3 is 28.4 Å². The second-order valence-corrected chi connectivity index (χ2v) is 5.97. The highest BCUT2D eigenvalue weighted by atomic mass is 16.5. The molecule has 9 heteroatoms. The van der Waals surface area contributed by atoms with Crippen LogP contribution in [0.15, 0.2) is 29.4 Å². The van der Waals surface area contributed by atoms with Crippen LogP contribution in [0.1, 0.15) is 22.8 Å². The fourth-order valence-electron chi connectivity index (χ4n) is 2.77. The smallest absolute Gasteiger partial charge is 0.271 e. The second kappa shape index (κ2) is 10.2. The number of amides is 1. The average molecular weight is 418 g/mol. The van der Waals surface area contributed by atoms with Crippen LogP contribution in [0.25, 0.3) is 0 Å². The lowest BCUT2D eigenvalue weighted by Gasteiger charge is -2.14. The van der Waals surface area contributed by atoms with Crippen LogP contribution in [0.2, 0.25) is 0 Å². The van der Waals surface area contributed by atoms with E-state index in [2.05, 4.69) is 10.5 Å². The number of nitrogens with zero attached hydrogens (tertiary/aromatic N) is 1. The van der Waals surface area contributed by atoms with Gasteiger partial charge in [-0.1, -0.05) is 0 Å². The van der Waals surface area contributed by atoms with E-state index in [0.29, 0.717) is 51.3 Å². The molecule has 0 aromatic heterocycles. The molecule has 2 rings (SSSR count). The maximum Gasteiger partial charge on any atom is 0.271 e. The van der Waals surface area contributed by atoms with E-state index in [1.54, 1.807) is 31.2 Å². The van der Waals surface area contributed by atoms with E-state index in [4.69, 9.17) is 28.4 Å². The van der Waals surface area contributed by atoms with Crippen LogP contribution in [-0.2, 0) is 0 Å². The Labute approximate surface area is 175 Å². The lowest BCUT2D eigenvalue weighted by Crippen LogP contribution is -2.19. The van der Waals surface area contributed by atoms with Crippen molar-refractivity contribution in [3.05, 3.63) is 35.4 Å². The van der Waals surface area contributed by atoms with Crippen LogP contribution in [0.5, 0.6) is 34.5 Å². The molecular weight excluding hydrogens is 392 g/mol. The van der Waals surface area contributed by atoms with Crippen LogP contribution >= 0.6 is 0 Å². The lowest BCUT2D eigenvalue weighted by molar-refractivity contribution is 0.0954. The summed E-state index contributed by atoms with van der Waals surface area (Å²) in [6.07, 6.45) is 0. The molecule has 0 aliphatic heterocycles. The molecule has 162 valence electrons. The highest BCUT2D eigenvalue weighted by Crippen LogP contribution is 2.39. The van der Waals surface area contributed by atoms with E-state index in [1.165, 1.54) is 42.7 Å². The van der Waals surface area contributed by atoms with Crippen LogP contribution in [-0.4, -0.2) is 54.3 Å². The summed E-state index contributed by atoms with van der Waals surface area (Å²) in [7, 11) is 9.03. The molecule has 0 spiro atoms. The van der Waals surface area contributed by atoms with Gasteiger partial charge in [0.1, 0.15) is 0 Å². The van der Waals surface area contributed by atoms with Gasteiger partial charge in [-0.2, -0.15) is 5.10 Å². The van der Waals surface area contributed by atoms with Crippen molar-refractivity contribution in [1.29, 1.82) is 0 Å². The molecule has 0 saturated carbocycles. The zero-order valence-corrected chi connectivity index (χ0v) is 18.1. The quantitative estimate of drug-likeness (QED) is 0.494. The molecule has 0 saturated heterocycles. The fraction of sp³-hybridized carbons (Fsp3) is 0.333. The second-order valence-electron chi connectivity index (χ2n) is 5.97. The Bertz CT molecular complexity index is 891. The van der Waals surface area contributed by atoms with E-state index < -0.39 is 5.91 Å². The summed E-state index contributed by atoms with van der Waals surface area (Å²) >= 11 is 0. The van der Waals surface area contributed by atoms with Gasteiger partial charge in [0, 0.05) is 11.1 Å². The summed E-state index contributed by atoms with van der Waals surface area (Å²) in [5.41, 5.74) is 4.05. The molecule has 0 atom stereocenters. The SMILES string of the molecule is COc1cc(C(=O)NN=C(C)c2cc(OC)c(OC)c(OC)c2)cc(OC)c1OC. The van der Waals surface area contributed by atoms with Crippen molar-refractivity contribution >= 4 is 11.6 Å². The minimum atomic E-state index is -0.443. The number of hydrazone groups is 1. The maximum absolute atomic E-state index is 12.6. The number of benzene rings is 2. The first-order valence-corrected chi connectivity index (χ1v) is 8.88. The highest BCUT2D eigenvalue weighted by molar-refractivity contribution is 6.02. The van der Waals surface area contributed by atoms with Crippen molar-refractivity contribution in [3.63, 3.8) is 0 Å². The van der Waals surface area contributed by atoms with Crippen molar-refractivity contribution in [2.75, 3.05) is 42.7 Å². The van der Waals surface area contributed by atoms with Crippen LogP contribution in [0.4, 0.5) is 0 Å². The minimum Gasteiger partial charge on any atom is -0.493 e. The zero-order chi connectivity index (χ0) is 22.3. The maximum atomic E-state index is 12.6. The van der Waals surface area contributed by atoms with E-state index in [0.717, 1.165) is 0 Å². The number of methoxy groups -OCH3 is 6. The standard InChI is InChI=1S/C21H26N2O7/c1-12(13-8-15(25-2)19(29-6)16(9-13)26-3)22-23-21(24)14-10-17(27-4)20(30-7)18(11-14)28-5/h8-11H,1-7H3,(H,23,24). The summed E-state index contributed by atoms with van der Waals surface area (Å²) in [6, 6.07) is 6.57. The molecule has 0 heterocycles. The largest absolute Gasteiger partial charge is 0.493 e. The van der Waals surface area contributed by atoms with Gasteiger partial charge >= 0.3 is 0 Å². The number of nitrogens with one attached hydrogen (secondary N) is 1. The first-order valence-electron chi connectivity index (χ1n) is 8.88. The molecular formula is C21H26N2O7. The number of rotatable bonds is 9. The molecule has 9 nitrogen and oxygen atoms in total. The summed E-state index contributed by atoms with van der Waals surface area (Å²) < 4.78 is 31.8. The number of carbonyl (C=O) groups excluding carboxylic acids is 1. The number of carbonyl (C=O) groups is 1. The summed E-state index contributed by atoms with van der Waals surface area (Å²) in [4.78, 5) is 12.6. The third-order valence-corrected chi connectivity index (χ3v) is 4.33. The van der Waals surface area contributed by atoms with Crippen molar-refractivity contribution in [1.82, 2.24) is 5.43 Å². The number of hydrogen-bond acceptors (Lipinski definition) is 8. The van der Waals surface area contributed by atoms with Gasteiger partial charge in [-0.05, 0) is 31.2 Å². The van der Waals surface area contributed by atoms with Crippen molar-refractivity contribution in [2.24, 2.45) is 5.10 Å². The molecule has 2 aromatic rings. The Morgan fingerprint density at radius 2 is 1.03 bits per heavy atom. The molecule has 2 aromatic carbocycles. The van der Waals surface area contributed by atoms with Crippen LogP contribution < -0.4 is 33.8 Å². The van der Waals surface area contributed by atoms with E-state index >= 15 is 0 Å². The van der Waals surface area contributed by atoms with E-state index in [9.17, 15) is 4.79 Å². The number of ether oxygens (including phenoxy) is 6. The molecule has 30 heavy (non-hydrogen) atoms. The third kappa shape index (κ3) is 4.68. The highest BCUT2D eigenvalue weighted by Gasteiger charge is 2.18. The van der Waals surface area contributed by atoms with Gasteiger partial charge in [0.15, 0.2) is 23.0 Å². The molecule has 0 radical (unpaired) electrons. The molecule has 1 amide bonds. The molecule has 0 aliphatic carbocycles. The molecule has 0 bridgehead atoms. The average Bonchev–Trinajstić information content (AvgIpc) is 2.79. The third-order valence-electron chi connectivity index (χ3n) is 4.33. The molecule has 0 unspecified atom stereocenters. The summed E-state index contributed by atoms with van der Waals surface area (Å²) in [5.74, 6) is 2.13. The Hall–Kier alpha value is -3.62. The first kappa shape index (κ1) is 22.7. The van der Waals surface area contributed by atoms with Gasteiger partial charge in [-0.25, -0.2) is 5.43 Å². The van der Waals surface area contributed by atoms with Gasteiger partial charge in [-0.15, -0.1) is 0 Å². The molecule has 1 N–H and O–H groups in total. The van der Waals surface area contributed by atoms with Crippen molar-refractivity contribution in [3.8, 4) is 34.5 Å². The van der Waals surface area contributed by atoms with Crippen LogP contribution in [0.3, 0.4) is 0 Å². The fourth-order valence-corrected chi connectivity index (χ4v) is 2.77. The van der Waals surface area contributed by atoms with E-state index in [1.807, 2.05) is 0 Å². The Morgan fingerprint density at radius 3 is 1.37 bits per heavy atom. The lowest BCUT2D eigenvalue weighted by atomic mass is 10.1. The van der Waals surface area contributed by atoms with Gasteiger partial charge in [-0.3, -0.25) is 4.79 Å². The normalized spacial score (nSPS) is 10.8. The summed E-state index contributed by atoms with van der Waals surface area (Å²) in [6.45, 7) is 1.75. The Balaban J connectivity index is 2.32. The first-order chi connectivity index (χ1) is 14.4. The monoisotopic (exact) mass is 418 g/mol. The van der Waals surface area contributed by atoms with Crippen LogP contribution in [0, 0.1) is 0 Å². The Kier molecular flexibility index (Phi) is 7.74. The van der Waals surface area contributed by atoms with Crippen molar-refractivity contribution in [2.45, 2.75) is 6.92 Å². The molecule has 0 fully saturated rings. The number of hydrogen-bond donors (Lipinski definition) is 1. The predicted octanol–water partition coefficient (Wildman–Crippen LogP) is 2.89. The van der Waals surface area contributed by atoms with Gasteiger partial charge in [0.2, 0.25) is 11.5 Å². The minimum absolute atomic E-state index is 0.297. The van der Waals surface area contributed by atoms with E-state index in [-0.39, 0.29) is 0 Å². The van der Waals surface area contributed by atoms with Gasteiger partial charge in [0.25, 0.3) is 5.91 Å². The summed E-state index contributed by atoms with van der Waals surface area (Å²) in [5, 5.41) is 4.18.